The molecule has 0 atom stereocenters. The summed E-state index contributed by atoms with van der Waals surface area (Å²) < 4.78 is 0. The Bertz CT molecular complexity index is 1190. The first kappa shape index (κ1) is 27.5. The number of ketones is 1. The van der Waals surface area contributed by atoms with Crippen LogP contribution in [0.4, 0.5) is 22.7 Å². The lowest BCUT2D eigenvalue weighted by atomic mass is 10.0. The molecule has 6 nitrogen and oxygen atoms in total. The summed E-state index contributed by atoms with van der Waals surface area (Å²) >= 11 is 0. The van der Waals surface area contributed by atoms with Gasteiger partial charge in [-0.05, 0) is 109 Å². The maximum absolute atomic E-state index is 13.2. The van der Waals surface area contributed by atoms with Gasteiger partial charge >= 0.3 is 0 Å². The maximum atomic E-state index is 13.2. The first-order valence-electron chi connectivity index (χ1n) is 14.1. The van der Waals surface area contributed by atoms with E-state index in [9.17, 15) is 4.79 Å². The van der Waals surface area contributed by atoms with Crippen LogP contribution in [0.5, 0.6) is 0 Å². The van der Waals surface area contributed by atoms with Crippen LogP contribution < -0.4 is 15.1 Å². The molecule has 4 rings (SSSR count). The standard InChI is InChI=1S/C32H43N5O/c1-7-36(23(3)4)27-15-11-25(12-16-27)33-29-21-30(32(38)22-31(29)35-19-9-10-20-35)34-26-13-17-28(18-14-26)37(8-2)24(5)6/h11-18,21-24,34H,7-10,19-20H2,1-6H3/b33-29+. The van der Waals surface area contributed by atoms with Gasteiger partial charge in [0.15, 0.2) is 0 Å². The number of nitrogens with zero attached hydrogens (tertiary/aromatic N) is 4. The predicted octanol–water partition coefficient (Wildman–Crippen LogP) is 6.79. The number of carbonyl (C=O) groups is 1. The highest BCUT2D eigenvalue weighted by molar-refractivity contribution is 6.23. The summed E-state index contributed by atoms with van der Waals surface area (Å²) in [6.07, 6.45) is 5.95. The van der Waals surface area contributed by atoms with E-state index in [1.165, 1.54) is 11.4 Å². The first-order valence-corrected chi connectivity index (χ1v) is 14.1. The van der Waals surface area contributed by atoms with Gasteiger partial charge in [-0.1, -0.05) is 0 Å². The number of rotatable bonds is 10. The van der Waals surface area contributed by atoms with Crippen molar-refractivity contribution in [2.45, 2.75) is 66.5 Å². The number of hydrogen-bond donors (Lipinski definition) is 1. The zero-order valence-corrected chi connectivity index (χ0v) is 23.9. The van der Waals surface area contributed by atoms with Crippen LogP contribution >= 0.6 is 0 Å². The Morgan fingerprint density at radius 2 is 1.34 bits per heavy atom. The van der Waals surface area contributed by atoms with Gasteiger partial charge in [0.2, 0.25) is 5.78 Å². The first-order chi connectivity index (χ1) is 18.3. The van der Waals surface area contributed by atoms with Crippen LogP contribution in [0.2, 0.25) is 0 Å². The Hall–Kier alpha value is -3.54. The monoisotopic (exact) mass is 513 g/mol. The molecule has 0 saturated carbocycles. The van der Waals surface area contributed by atoms with Gasteiger partial charge in [0.05, 0.1) is 22.8 Å². The minimum absolute atomic E-state index is 0.0156. The number of anilines is 3. The zero-order chi connectivity index (χ0) is 27.2. The minimum Gasteiger partial charge on any atom is -0.370 e. The minimum atomic E-state index is -0.0156. The molecule has 2 aromatic carbocycles. The third kappa shape index (κ3) is 6.29. The van der Waals surface area contributed by atoms with Crippen molar-refractivity contribution in [1.82, 2.24) is 4.90 Å². The molecule has 1 fully saturated rings. The average Bonchev–Trinajstić information content (AvgIpc) is 3.43. The quantitative estimate of drug-likeness (QED) is 0.355. The van der Waals surface area contributed by atoms with E-state index in [1.54, 1.807) is 6.08 Å². The Balaban J connectivity index is 1.61. The highest BCUT2D eigenvalue weighted by Crippen LogP contribution is 2.27. The fourth-order valence-electron chi connectivity index (χ4n) is 5.40. The molecular formula is C32H43N5O. The third-order valence-corrected chi connectivity index (χ3v) is 7.36. The molecule has 1 aliphatic heterocycles. The molecule has 0 radical (unpaired) electrons. The second-order valence-corrected chi connectivity index (χ2v) is 10.6. The molecule has 1 saturated heterocycles. The van der Waals surface area contributed by atoms with Crippen LogP contribution in [0.15, 0.2) is 77.1 Å². The zero-order valence-electron chi connectivity index (χ0n) is 23.9. The van der Waals surface area contributed by atoms with Crippen LogP contribution in [0.3, 0.4) is 0 Å². The van der Waals surface area contributed by atoms with Crippen LogP contribution in [-0.4, -0.2) is 54.7 Å². The summed E-state index contributed by atoms with van der Waals surface area (Å²) in [6.45, 7) is 17.0. The normalized spacial score (nSPS) is 16.8. The van der Waals surface area contributed by atoms with Crippen molar-refractivity contribution in [3.63, 3.8) is 0 Å². The SMILES string of the molecule is CCN(c1ccc(/N=C2\C=C(Nc3ccc(N(CC)C(C)C)cc3)C(=O)C=C2N2CCCC2)cc1)C(C)C. The Morgan fingerprint density at radius 1 is 0.816 bits per heavy atom. The number of likely N-dealkylation sites (tertiary alicyclic amines) is 1. The summed E-state index contributed by atoms with van der Waals surface area (Å²) in [7, 11) is 0. The van der Waals surface area contributed by atoms with E-state index < -0.39 is 0 Å². The van der Waals surface area contributed by atoms with E-state index in [2.05, 4.69) is 98.0 Å². The van der Waals surface area contributed by atoms with E-state index >= 15 is 0 Å². The van der Waals surface area contributed by atoms with Gasteiger partial charge in [-0.2, -0.15) is 0 Å². The van der Waals surface area contributed by atoms with E-state index in [0.29, 0.717) is 17.8 Å². The van der Waals surface area contributed by atoms with E-state index in [0.717, 1.165) is 61.8 Å². The molecule has 38 heavy (non-hydrogen) atoms. The molecule has 0 unspecified atom stereocenters. The Kier molecular flexibility index (Phi) is 8.93. The molecule has 0 amide bonds. The molecule has 202 valence electrons. The molecule has 2 aromatic rings. The lowest BCUT2D eigenvalue weighted by Gasteiger charge is -2.28. The number of allylic oxidation sites excluding steroid dienone is 2. The summed E-state index contributed by atoms with van der Waals surface area (Å²) in [4.78, 5) is 25.2. The molecule has 0 bridgehead atoms. The summed E-state index contributed by atoms with van der Waals surface area (Å²) in [5.41, 5.74) is 6.44. The molecule has 0 spiro atoms. The molecule has 0 aromatic heterocycles. The number of carbonyl (C=O) groups excluding carboxylic acids is 1. The van der Waals surface area contributed by atoms with Gasteiger partial charge in [-0.3, -0.25) is 4.79 Å². The number of nitrogens with one attached hydrogen (secondary N) is 1. The molecular weight excluding hydrogens is 470 g/mol. The highest BCUT2D eigenvalue weighted by atomic mass is 16.1. The summed E-state index contributed by atoms with van der Waals surface area (Å²) in [5, 5.41) is 3.36. The largest absolute Gasteiger partial charge is 0.370 e. The van der Waals surface area contributed by atoms with Crippen molar-refractivity contribution in [3.05, 3.63) is 72.1 Å². The topological polar surface area (TPSA) is 51.2 Å². The van der Waals surface area contributed by atoms with Gasteiger partial charge in [-0.25, -0.2) is 4.99 Å². The molecule has 1 N–H and O–H groups in total. The highest BCUT2D eigenvalue weighted by Gasteiger charge is 2.25. The van der Waals surface area contributed by atoms with Crippen LogP contribution in [0.1, 0.15) is 54.4 Å². The van der Waals surface area contributed by atoms with Gasteiger partial charge in [0.25, 0.3) is 0 Å². The van der Waals surface area contributed by atoms with Gasteiger partial charge in [0, 0.05) is 61.4 Å². The fourth-order valence-corrected chi connectivity index (χ4v) is 5.40. The van der Waals surface area contributed by atoms with E-state index in [1.807, 2.05) is 18.2 Å². The van der Waals surface area contributed by atoms with Crippen molar-refractivity contribution in [1.29, 1.82) is 0 Å². The summed E-state index contributed by atoms with van der Waals surface area (Å²) in [6, 6.07) is 17.6. The van der Waals surface area contributed by atoms with E-state index in [-0.39, 0.29) is 5.78 Å². The van der Waals surface area contributed by atoms with Crippen molar-refractivity contribution in [2.75, 3.05) is 41.3 Å². The van der Waals surface area contributed by atoms with Crippen molar-refractivity contribution in [2.24, 2.45) is 4.99 Å². The summed E-state index contributed by atoms with van der Waals surface area (Å²) in [5.74, 6) is -0.0156. The van der Waals surface area contributed by atoms with Gasteiger partial charge in [-0.15, -0.1) is 0 Å². The average molecular weight is 514 g/mol. The van der Waals surface area contributed by atoms with Crippen molar-refractivity contribution in [3.8, 4) is 0 Å². The Labute approximate surface area is 228 Å². The predicted molar refractivity (Wildman–Crippen MR) is 162 cm³/mol. The van der Waals surface area contributed by atoms with Crippen molar-refractivity contribution >= 4 is 34.2 Å². The second kappa shape index (κ2) is 12.3. The third-order valence-electron chi connectivity index (χ3n) is 7.36. The maximum Gasteiger partial charge on any atom is 0.204 e. The van der Waals surface area contributed by atoms with Gasteiger partial charge in [0.1, 0.15) is 0 Å². The van der Waals surface area contributed by atoms with Gasteiger partial charge < -0.3 is 20.0 Å². The lowest BCUT2D eigenvalue weighted by Crippen LogP contribution is -2.30. The van der Waals surface area contributed by atoms with Crippen LogP contribution in [-0.2, 0) is 4.79 Å². The molecule has 1 aliphatic carbocycles. The van der Waals surface area contributed by atoms with Crippen LogP contribution in [0.25, 0.3) is 0 Å². The number of benzene rings is 2. The smallest absolute Gasteiger partial charge is 0.204 e. The van der Waals surface area contributed by atoms with Crippen LogP contribution in [0, 0.1) is 0 Å². The molecule has 2 aliphatic rings. The molecule has 6 heteroatoms. The second-order valence-electron chi connectivity index (χ2n) is 10.6. The van der Waals surface area contributed by atoms with E-state index in [4.69, 9.17) is 4.99 Å². The number of aliphatic imine (C=N–C) groups is 1. The fraction of sp³-hybridized carbons (Fsp3) is 0.438. The Morgan fingerprint density at radius 3 is 1.84 bits per heavy atom. The number of hydrogen-bond acceptors (Lipinski definition) is 6. The molecule has 1 heterocycles. The lowest BCUT2D eigenvalue weighted by molar-refractivity contribution is -0.111. The van der Waals surface area contributed by atoms with Crippen molar-refractivity contribution < 1.29 is 4.79 Å².